The van der Waals surface area contributed by atoms with Crippen LogP contribution in [-0.4, -0.2) is 33.8 Å². The van der Waals surface area contributed by atoms with E-state index in [0.717, 1.165) is 11.1 Å². The summed E-state index contributed by atoms with van der Waals surface area (Å²) in [6, 6.07) is 9.73. The van der Waals surface area contributed by atoms with Crippen LogP contribution in [0.5, 0.6) is 5.75 Å². The Hall–Kier alpha value is -2.39. The third-order valence-corrected chi connectivity index (χ3v) is 5.58. The quantitative estimate of drug-likeness (QED) is 0.382. The first kappa shape index (κ1) is 21.9. The lowest BCUT2D eigenvalue weighted by Crippen LogP contribution is -2.26. The molecule has 0 aromatic heterocycles. The van der Waals surface area contributed by atoms with Gasteiger partial charge in [-0.15, -0.1) is 0 Å². The molecule has 0 saturated carbocycles. The van der Waals surface area contributed by atoms with Crippen molar-refractivity contribution < 1.29 is 22.7 Å². The maximum atomic E-state index is 12.5. The summed E-state index contributed by atoms with van der Waals surface area (Å²) < 4.78 is 36.0. The maximum absolute atomic E-state index is 12.5. The smallest absolute Gasteiger partial charge is 0.359 e. The summed E-state index contributed by atoms with van der Waals surface area (Å²) >= 11 is 3.39. The van der Waals surface area contributed by atoms with Gasteiger partial charge in [-0.05, 0) is 66.5 Å². The zero-order valence-corrected chi connectivity index (χ0v) is 18.3. The van der Waals surface area contributed by atoms with E-state index in [-0.39, 0.29) is 22.8 Å². The third kappa shape index (κ3) is 5.11. The van der Waals surface area contributed by atoms with Gasteiger partial charge in [-0.2, -0.15) is 18.4 Å². The highest BCUT2D eigenvalue weighted by Crippen LogP contribution is 2.30. The maximum Gasteiger partial charge on any atom is 0.359 e. The number of nitrogens with zero attached hydrogens (tertiary/aromatic N) is 1. The zero-order valence-electron chi connectivity index (χ0n) is 15.9. The van der Waals surface area contributed by atoms with Crippen molar-refractivity contribution in [2.24, 2.45) is 5.10 Å². The number of nitrogens with one attached hydrogen (secondary N) is 1. The second kappa shape index (κ2) is 9.20. The van der Waals surface area contributed by atoms with Gasteiger partial charge < -0.3 is 9.47 Å². The third-order valence-electron chi connectivity index (χ3n) is 3.73. The normalized spacial score (nSPS) is 11.8. The highest BCUT2D eigenvalue weighted by atomic mass is 79.9. The molecule has 0 amide bonds. The van der Waals surface area contributed by atoms with Gasteiger partial charge in [0.05, 0.1) is 24.2 Å². The monoisotopic (exact) mass is 468 g/mol. The number of hydrogen-bond donors (Lipinski definition) is 1. The van der Waals surface area contributed by atoms with Crippen LogP contribution in [0.25, 0.3) is 0 Å². The van der Waals surface area contributed by atoms with Crippen LogP contribution in [0.2, 0.25) is 0 Å². The number of ether oxygens (including phenoxy) is 2. The van der Waals surface area contributed by atoms with E-state index >= 15 is 0 Å². The topological polar surface area (TPSA) is 94.1 Å². The summed E-state index contributed by atoms with van der Waals surface area (Å²) in [5, 5.41) is 3.88. The Balaban J connectivity index is 2.53. The molecule has 1 N–H and O–H groups in total. The van der Waals surface area contributed by atoms with Gasteiger partial charge >= 0.3 is 5.97 Å². The minimum atomic E-state index is -3.97. The Kier molecular flexibility index (Phi) is 7.20. The molecule has 0 atom stereocenters. The summed E-state index contributed by atoms with van der Waals surface area (Å²) in [6.07, 6.45) is 0. The Morgan fingerprint density at radius 2 is 1.79 bits per heavy atom. The van der Waals surface area contributed by atoms with Crippen LogP contribution in [0.1, 0.15) is 23.6 Å². The number of benzene rings is 2. The minimum Gasteiger partial charge on any atom is -0.496 e. The van der Waals surface area contributed by atoms with Crippen molar-refractivity contribution in [1.29, 1.82) is 0 Å². The van der Waals surface area contributed by atoms with Crippen LogP contribution in [0, 0.1) is 13.8 Å². The Morgan fingerprint density at radius 1 is 1.14 bits per heavy atom. The van der Waals surface area contributed by atoms with Gasteiger partial charge in [0.2, 0.25) is 0 Å². The molecule has 0 bridgehead atoms. The Bertz CT molecular complexity index is 1000. The lowest BCUT2D eigenvalue weighted by Gasteiger charge is -2.14. The van der Waals surface area contributed by atoms with Gasteiger partial charge in [-0.25, -0.2) is 4.79 Å². The molecule has 0 spiro atoms. The van der Waals surface area contributed by atoms with Crippen molar-refractivity contribution >= 4 is 37.6 Å². The van der Waals surface area contributed by atoms with Crippen molar-refractivity contribution in [3.63, 3.8) is 0 Å². The van der Waals surface area contributed by atoms with Crippen LogP contribution in [0.3, 0.4) is 0 Å². The van der Waals surface area contributed by atoms with E-state index in [1.54, 1.807) is 31.2 Å². The van der Waals surface area contributed by atoms with Crippen molar-refractivity contribution in [2.45, 2.75) is 25.7 Å². The number of halogens is 1. The first-order chi connectivity index (χ1) is 13.2. The number of carbonyl (C=O) groups excluding carboxylic acids is 1. The van der Waals surface area contributed by atoms with E-state index in [1.807, 2.05) is 13.8 Å². The standard InChI is InChI=1S/C19H21BrN2O5S/c1-5-27-19(23)18(17-15(20)10-13(3)11-16(17)26-4)21-22-28(24,25)14-8-6-12(2)7-9-14/h6-11,22H,5H2,1-4H3. The van der Waals surface area contributed by atoms with E-state index in [2.05, 4.69) is 25.9 Å². The Morgan fingerprint density at radius 3 is 2.36 bits per heavy atom. The molecule has 0 unspecified atom stereocenters. The summed E-state index contributed by atoms with van der Waals surface area (Å²) in [4.78, 5) is 14.6. The van der Waals surface area contributed by atoms with Gasteiger partial charge in [0.1, 0.15) is 5.75 Å². The molecule has 0 saturated heterocycles. The largest absolute Gasteiger partial charge is 0.496 e. The zero-order chi connectivity index (χ0) is 20.9. The number of hydrazone groups is 1. The fourth-order valence-corrected chi connectivity index (χ4v) is 3.94. The van der Waals surface area contributed by atoms with Crippen molar-refractivity contribution in [2.75, 3.05) is 13.7 Å². The Labute approximate surface area is 172 Å². The molecule has 2 rings (SSSR count). The number of aryl methyl sites for hydroxylation is 2. The second-order valence-corrected chi connectivity index (χ2v) is 8.43. The molecule has 2 aromatic rings. The lowest BCUT2D eigenvalue weighted by atomic mass is 10.1. The average molecular weight is 469 g/mol. The predicted octanol–water partition coefficient (Wildman–Crippen LogP) is 3.32. The lowest BCUT2D eigenvalue weighted by molar-refractivity contribution is -0.134. The van der Waals surface area contributed by atoms with Gasteiger partial charge in [0, 0.05) is 4.47 Å². The van der Waals surface area contributed by atoms with E-state index in [9.17, 15) is 13.2 Å². The van der Waals surface area contributed by atoms with Gasteiger partial charge in [-0.1, -0.05) is 17.7 Å². The molecule has 7 nitrogen and oxygen atoms in total. The van der Waals surface area contributed by atoms with Crippen LogP contribution >= 0.6 is 15.9 Å². The molecular formula is C19H21BrN2O5S. The molecule has 0 heterocycles. The number of methoxy groups -OCH3 is 1. The van der Waals surface area contributed by atoms with E-state index in [4.69, 9.17) is 9.47 Å². The molecule has 150 valence electrons. The van der Waals surface area contributed by atoms with Crippen molar-refractivity contribution in [3.8, 4) is 5.75 Å². The molecule has 0 radical (unpaired) electrons. The fraction of sp³-hybridized carbons (Fsp3) is 0.263. The number of sulfonamides is 1. The van der Waals surface area contributed by atoms with Crippen LogP contribution < -0.4 is 9.57 Å². The van der Waals surface area contributed by atoms with Crippen LogP contribution in [0.4, 0.5) is 0 Å². The highest BCUT2D eigenvalue weighted by molar-refractivity contribution is 9.10. The van der Waals surface area contributed by atoms with Crippen molar-refractivity contribution in [3.05, 3.63) is 57.6 Å². The van der Waals surface area contributed by atoms with Crippen LogP contribution in [-0.2, 0) is 19.6 Å². The SMILES string of the molecule is CCOC(=O)C(=NNS(=O)(=O)c1ccc(C)cc1)c1c(Br)cc(C)cc1OC. The fourth-order valence-electron chi connectivity index (χ4n) is 2.38. The summed E-state index contributed by atoms with van der Waals surface area (Å²) in [5.41, 5.74) is 1.87. The number of carbonyl (C=O) groups is 1. The number of hydrogen-bond acceptors (Lipinski definition) is 6. The highest BCUT2D eigenvalue weighted by Gasteiger charge is 2.24. The molecule has 0 aliphatic heterocycles. The summed E-state index contributed by atoms with van der Waals surface area (Å²) in [6.45, 7) is 5.46. The molecular weight excluding hydrogens is 448 g/mol. The minimum absolute atomic E-state index is 0.0278. The van der Waals surface area contributed by atoms with Gasteiger partial charge in [0.25, 0.3) is 10.0 Å². The van der Waals surface area contributed by atoms with Crippen LogP contribution in [0.15, 0.2) is 50.9 Å². The molecule has 28 heavy (non-hydrogen) atoms. The number of esters is 1. The first-order valence-corrected chi connectivity index (χ1v) is 10.6. The molecule has 2 aromatic carbocycles. The second-order valence-electron chi connectivity index (χ2n) is 5.91. The van der Waals surface area contributed by atoms with Gasteiger partial charge in [0.15, 0.2) is 5.71 Å². The van der Waals surface area contributed by atoms with Crippen molar-refractivity contribution in [1.82, 2.24) is 4.83 Å². The molecule has 9 heteroatoms. The first-order valence-electron chi connectivity index (χ1n) is 8.37. The predicted molar refractivity (Wildman–Crippen MR) is 110 cm³/mol. The van der Waals surface area contributed by atoms with Gasteiger partial charge in [-0.3, -0.25) is 0 Å². The summed E-state index contributed by atoms with van der Waals surface area (Å²) in [7, 11) is -2.52. The van der Waals surface area contributed by atoms with E-state index < -0.39 is 16.0 Å². The molecule has 0 aliphatic carbocycles. The summed E-state index contributed by atoms with van der Waals surface area (Å²) in [5.74, 6) is -0.426. The average Bonchev–Trinajstić information content (AvgIpc) is 2.63. The molecule has 0 aliphatic rings. The van der Waals surface area contributed by atoms with E-state index in [0.29, 0.717) is 10.2 Å². The molecule has 0 fully saturated rings. The number of rotatable bonds is 7. The van der Waals surface area contributed by atoms with E-state index in [1.165, 1.54) is 19.2 Å².